The Bertz CT molecular complexity index is 589. The topological polar surface area (TPSA) is 68.0 Å². The summed E-state index contributed by atoms with van der Waals surface area (Å²) < 4.78 is 1.14. The van der Waals surface area contributed by atoms with E-state index >= 15 is 0 Å². The molecule has 0 aliphatic heterocycles. The van der Waals surface area contributed by atoms with Crippen molar-refractivity contribution in [2.75, 3.05) is 11.9 Å². The zero-order valence-electron chi connectivity index (χ0n) is 9.98. The number of nitrogens with zero attached hydrogens (tertiary/aromatic N) is 1. The van der Waals surface area contributed by atoms with Crippen molar-refractivity contribution >= 4 is 33.1 Å². The van der Waals surface area contributed by atoms with E-state index in [1.807, 2.05) is 18.2 Å². The Morgan fingerprint density at radius 2 is 2.33 bits per heavy atom. The molecule has 1 fully saturated rings. The average molecular weight is 261 g/mol. The molecule has 4 nitrogen and oxygen atoms in total. The Labute approximate surface area is 109 Å². The van der Waals surface area contributed by atoms with Gasteiger partial charge in [-0.1, -0.05) is 0 Å². The van der Waals surface area contributed by atoms with Crippen LogP contribution in [0.4, 0.5) is 5.69 Å². The van der Waals surface area contributed by atoms with Gasteiger partial charge in [-0.2, -0.15) is 0 Å². The molecule has 0 atom stereocenters. The Hall–Kier alpha value is -1.46. The van der Waals surface area contributed by atoms with E-state index in [4.69, 9.17) is 5.73 Å². The van der Waals surface area contributed by atoms with E-state index in [1.54, 1.807) is 11.3 Å². The molecule has 0 spiro atoms. The second kappa shape index (κ2) is 4.66. The molecular weight excluding hydrogens is 246 g/mol. The fourth-order valence-corrected chi connectivity index (χ4v) is 3.06. The molecule has 1 aromatic heterocycles. The number of carbonyl (C=O) groups excluding carboxylic acids is 1. The van der Waals surface area contributed by atoms with Gasteiger partial charge in [-0.05, 0) is 31.0 Å². The fourth-order valence-electron chi connectivity index (χ4n) is 1.88. The zero-order valence-corrected chi connectivity index (χ0v) is 10.8. The molecule has 5 heteroatoms. The van der Waals surface area contributed by atoms with Gasteiger partial charge in [-0.15, -0.1) is 11.3 Å². The van der Waals surface area contributed by atoms with E-state index in [-0.39, 0.29) is 5.91 Å². The molecule has 3 N–H and O–H groups in total. The normalized spacial score (nSPS) is 14.9. The Kier molecular flexibility index (Phi) is 3.01. The largest absolute Gasteiger partial charge is 0.330 e. The molecule has 94 valence electrons. The lowest BCUT2D eigenvalue weighted by molar-refractivity contribution is -0.116. The number of rotatable bonds is 4. The summed E-state index contributed by atoms with van der Waals surface area (Å²) in [5, 5.41) is 4.08. The summed E-state index contributed by atoms with van der Waals surface area (Å²) in [6.07, 6.45) is 2.88. The molecule has 0 radical (unpaired) electrons. The van der Waals surface area contributed by atoms with Crippen LogP contribution in [0.15, 0.2) is 18.2 Å². The molecule has 2 aromatic rings. The van der Waals surface area contributed by atoms with Gasteiger partial charge in [-0.3, -0.25) is 4.79 Å². The molecule has 1 aliphatic carbocycles. The Morgan fingerprint density at radius 1 is 1.50 bits per heavy atom. The predicted molar refractivity (Wildman–Crippen MR) is 73.9 cm³/mol. The molecule has 0 bridgehead atoms. The van der Waals surface area contributed by atoms with Crippen molar-refractivity contribution < 1.29 is 4.79 Å². The van der Waals surface area contributed by atoms with Crippen LogP contribution in [0.2, 0.25) is 0 Å². The Morgan fingerprint density at radius 3 is 3.06 bits per heavy atom. The molecule has 1 saturated carbocycles. The van der Waals surface area contributed by atoms with Gasteiger partial charge in [0.2, 0.25) is 5.91 Å². The van der Waals surface area contributed by atoms with Crippen molar-refractivity contribution in [3.8, 4) is 0 Å². The van der Waals surface area contributed by atoms with Crippen LogP contribution in [0.1, 0.15) is 30.2 Å². The van der Waals surface area contributed by atoms with Crippen LogP contribution >= 0.6 is 11.3 Å². The molecule has 3 rings (SSSR count). The number of hydrogen-bond acceptors (Lipinski definition) is 4. The lowest BCUT2D eigenvalue weighted by Gasteiger charge is -2.03. The average Bonchev–Trinajstić information content (AvgIpc) is 3.10. The number of benzene rings is 1. The number of fused-ring (bicyclic) bond motifs is 1. The van der Waals surface area contributed by atoms with Gasteiger partial charge >= 0.3 is 0 Å². The number of hydrogen-bond donors (Lipinski definition) is 2. The minimum absolute atomic E-state index is 0.0382. The summed E-state index contributed by atoms with van der Waals surface area (Å²) in [4.78, 5) is 16.1. The van der Waals surface area contributed by atoms with Crippen molar-refractivity contribution in [1.82, 2.24) is 4.98 Å². The van der Waals surface area contributed by atoms with Gasteiger partial charge in [0.1, 0.15) is 0 Å². The molecule has 0 saturated heterocycles. The highest BCUT2D eigenvalue weighted by molar-refractivity contribution is 7.18. The highest BCUT2D eigenvalue weighted by Crippen LogP contribution is 2.43. The SMILES string of the molecule is NCCC(=O)Nc1ccc2nc(C3CC3)sc2c1. The first-order chi connectivity index (χ1) is 8.76. The summed E-state index contributed by atoms with van der Waals surface area (Å²) >= 11 is 1.74. The molecule has 1 heterocycles. The number of nitrogens with two attached hydrogens (primary N) is 1. The smallest absolute Gasteiger partial charge is 0.225 e. The van der Waals surface area contributed by atoms with Gasteiger partial charge in [0.15, 0.2) is 0 Å². The van der Waals surface area contributed by atoms with Crippen LogP contribution in [0.5, 0.6) is 0 Å². The van der Waals surface area contributed by atoms with E-state index in [1.165, 1.54) is 17.8 Å². The molecule has 1 amide bonds. The summed E-state index contributed by atoms with van der Waals surface area (Å²) in [5.41, 5.74) is 7.20. The quantitative estimate of drug-likeness (QED) is 0.888. The van der Waals surface area contributed by atoms with Gasteiger partial charge < -0.3 is 11.1 Å². The summed E-state index contributed by atoms with van der Waals surface area (Å²) in [6.45, 7) is 0.375. The summed E-state index contributed by atoms with van der Waals surface area (Å²) in [5.74, 6) is 0.640. The lowest BCUT2D eigenvalue weighted by atomic mass is 10.3. The first kappa shape index (κ1) is 11.6. The molecule has 18 heavy (non-hydrogen) atoms. The van der Waals surface area contributed by atoms with E-state index in [9.17, 15) is 4.79 Å². The van der Waals surface area contributed by atoms with Crippen LogP contribution in [0.3, 0.4) is 0 Å². The maximum absolute atomic E-state index is 11.5. The maximum Gasteiger partial charge on any atom is 0.225 e. The first-order valence-corrected chi connectivity index (χ1v) is 6.98. The summed E-state index contributed by atoms with van der Waals surface area (Å²) in [7, 11) is 0. The predicted octanol–water partition coefficient (Wildman–Crippen LogP) is 2.46. The number of amides is 1. The van der Waals surface area contributed by atoms with Gasteiger partial charge in [0.05, 0.1) is 15.2 Å². The van der Waals surface area contributed by atoms with Crippen LogP contribution in [-0.4, -0.2) is 17.4 Å². The monoisotopic (exact) mass is 261 g/mol. The van der Waals surface area contributed by atoms with E-state index in [0.717, 1.165) is 15.9 Å². The minimum Gasteiger partial charge on any atom is -0.330 e. The summed E-state index contributed by atoms with van der Waals surface area (Å²) in [6, 6.07) is 5.86. The number of carbonyl (C=O) groups is 1. The first-order valence-electron chi connectivity index (χ1n) is 6.16. The highest BCUT2D eigenvalue weighted by atomic mass is 32.1. The highest BCUT2D eigenvalue weighted by Gasteiger charge is 2.26. The van der Waals surface area contributed by atoms with Crippen LogP contribution < -0.4 is 11.1 Å². The zero-order chi connectivity index (χ0) is 12.5. The van der Waals surface area contributed by atoms with Crippen molar-refractivity contribution in [2.45, 2.75) is 25.2 Å². The molecular formula is C13H15N3OS. The number of aromatic nitrogens is 1. The number of thiazole rings is 1. The third kappa shape index (κ3) is 2.37. The fraction of sp³-hybridized carbons (Fsp3) is 0.385. The van der Waals surface area contributed by atoms with E-state index in [2.05, 4.69) is 10.3 Å². The minimum atomic E-state index is -0.0382. The van der Waals surface area contributed by atoms with Gasteiger partial charge in [-0.25, -0.2) is 4.98 Å². The standard InChI is InChI=1S/C13H15N3OS/c14-6-5-12(17)15-9-3-4-10-11(7-9)18-13(16-10)8-1-2-8/h3-4,7-8H,1-2,5-6,14H2,(H,15,17). The van der Waals surface area contributed by atoms with Gasteiger partial charge in [0.25, 0.3) is 0 Å². The van der Waals surface area contributed by atoms with Crippen molar-refractivity contribution in [1.29, 1.82) is 0 Å². The second-order valence-electron chi connectivity index (χ2n) is 4.60. The molecule has 1 aliphatic rings. The van der Waals surface area contributed by atoms with Crippen molar-refractivity contribution in [3.05, 3.63) is 23.2 Å². The third-order valence-electron chi connectivity index (χ3n) is 2.99. The Balaban J connectivity index is 1.83. The van der Waals surface area contributed by atoms with Crippen molar-refractivity contribution in [2.24, 2.45) is 5.73 Å². The third-order valence-corrected chi connectivity index (χ3v) is 4.17. The molecule has 1 aromatic carbocycles. The van der Waals surface area contributed by atoms with Crippen LogP contribution in [0.25, 0.3) is 10.2 Å². The van der Waals surface area contributed by atoms with Crippen molar-refractivity contribution in [3.63, 3.8) is 0 Å². The van der Waals surface area contributed by atoms with Gasteiger partial charge in [0, 0.05) is 24.6 Å². The lowest BCUT2D eigenvalue weighted by Crippen LogP contribution is -2.15. The number of nitrogens with one attached hydrogen (secondary N) is 1. The maximum atomic E-state index is 11.5. The second-order valence-corrected chi connectivity index (χ2v) is 5.66. The van der Waals surface area contributed by atoms with E-state index in [0.29, 0.717) is 18.9 Å². The van der Waals surface area contributed by atoms with E-state index < -0.39 is 0 Å². The number of anilines is 1. The van der Waals surface area contributed by atoms with Crippen LogP contribution in [-0.2, 0) is 4.79 Å². The molecule has 0 unspecified atom stereocenters. The van der Waals surface area contributed by atoms with Crippen LogP contribution in [0, 0.1) is 0 Å².